The van der Waals surface area contributed by atoms with E-state index in [1.165, 1.54) is 11.3 Å². The van der Waals surface area contributed by atoms with Crippen LogP contribution in [-0.4, -0.2) is 50.2 Å². The van der Waals surface area contributed by atoms with E-state index in [2.05, 4.69) is 44.8 Å². The van der Waals surface area contributed by atoms with Gasteiger partial charge in [-0.15, -0.1) is 5.10 Å². The second kappa shape index (κ2) is 8.09. The molecule has 0 radical (unpaired) electrons. The van der Waals surface area contributed by atoms with Crippen molar-refractivity contribution in [3.63, 3.8) is 0 Å². The van der Waals surface area contributed by atoms with Gasteiger partial charge in [-0.25, -0.2) is 4.68 Å². The van der Waals surface area contributed by atoms with Crippen molar-refractivity contribution in [1.82, 2.24) is 25.2 Å². The number of carbonyl (C=O) groups is 3. The van der Waals surface area contributed by atoms with Crippen LogP contribution in [0, 0.1) is 0 Å². The standard InChI is InChI=1S/C25H24N6O3/c32-23-11-10-22(24(33)26-23)30-15-19-18(25(30)34)7-3-9-21(19)31-14-17(27-28-31)13-29-12-4-6-16-5-1-2-8-20(16)29/h1-3,5,7-9,14,22H,4,6,10-13,15H2,(H,26,32,33). The average molecular weight is 457 g/mol. The lowest BCUT2D eigenvalue weighted by Crippen LogP contribution is -2.52. The number of para-hydroxylation sites is 1. The van der Waals surface area contributed by atoms with Gasteiger partial charge in [0.15, 0.2) is 0 Å². The van der Waals surface area contributed by atoms with Crippen molar-refractivity contribution in [3.8, 4) is 5.69 Å². The Morgan fingerprint density at radius 2 is 1.85 bits per heavy atom. The summed E-state index contributed by atoms with van der Waals surface area (Å²) in [7, 11) is 0. The van der Waals surface area contributed by atoms with Crippen LogP contribution in [0.1, 0.15) is 46.4 Å². The van der Waals surface area contributed by atoms with E-state index in [1.807, 2.05) is 18.3 Å². The number of imide groups is 1. The number of benzene rings is 2. The lowest BCUT2D eigenvalue weighted by molar-refractivity contribution is -0.136. The van der Waals surface area contributed by atoms with Crippen molar-refractivity contribution >= 4 is 23.4 Å². The van der Waals surface area contributed by atoms with E-state index in [0.29, 0.717) is 25.1 Å². The van der Waals surface area contributed by atoms with Crippen molar-refractivity contribution in [3.05, 3.63) is 71.0 Å². The fourth-order valence-corrected chi connectivity index (χ4v) is 5.24. The zero-order chi connectivity index (χ0) is 23.2. The van der Waals surface area contributed by atoms with Gasteiger partial charge in [-0.05, 0) is 43.0 Å². The minimum absolute atomic E-state index is 0.198. The molecule has 6 rings (SSSR count). The topological polar surface area (TPSA) is 100 Å². The van der Waals surface area contributed by atoms with E-state index in [1.54, 1.807) is 15.6 Å². The molecule has 1 aromatic heterocycles. The molecule has 3 aliphatic heterocycles. The minimum Gasteiger partial charge on any atom is -0.365 e. The molecule has 34 heavy (non-hydrogen) atoms. The number of nitrogens with zero attached hydrogens (tertiary/aromatic N) is 5. The number of carbonyl (C=O) groups excluding carboxylic acids is 3. The van der Waals surface area contributed by atoms with E-state index in [-0.39, 0.29) is 18.2 Å². The largest absolute Gasteiger partial charge is 0.365 e. The van der Waals surface area contributed by atoms with E-state index >= 15 is 0 Å². The van der Waals surface area contributed by atoms with Gasteiger partial charge in [-0.2, -0.15) is 0 Å². The van der Waals surface area contributed by atoms with E-state index in [9.17, 15) is 14.4 Å². The second-order valence-corrected chi connectivity index (χ2v) is 9.01. The molecule has 4 heterocycles. The molecule has 0 spiro atoms. The summed E-state index contributed by atoms with van der Waals surface area (Å²) in [5.41, 5.74) is 5.60. The fraction of sp³-hybridized carbons (Fsp3) is 0.320. The van der Waals surface area contributed by atoms with Crippen molar-refractivity contribution in [2.75, 3.05) is 11.4 Å². The number of rotatable bonds is 4. The molecular weight excluding hydrogens is 432 g/mol. The van der Waals surface area contributed by atoms with Crippen LogP contribution >= 0.6 is 0 Å². The van der Waals surface area contributed by atoms with Crippen LogP contribution in [0.25, 0.3) is 5.69 Å². The first kappa shape index (κ1) is 20.6. The quantitative estimate of drug-likeness (QED) is 0.603. The summed E-state index contributed by atoms with van der Waals surface area (Å²) >= 11 is 0. The van der Waals surface area contributed by atoms with Gasteiger partial charge in [0.05, 0.1) is 18.4 Å². The predicted molar refractivity (Wildman–Crippen MR) is 123 cm³/mol. The molecule has 2 aromatic carbocycles. The summed E-state index contributed by atoms with van der Waals surface area (Å²) in [5, 5.41) is 11.1. The summed E-state index contributed by atoms with van der Waals surface area (Å²) < 4.78 is 1.71. The molecule has 9 nitrogen and oxygen atoms in total. The first-order valence-electron chi connectivity index (χ1n) is 11.6. The second-order valence-electron chi connectivity index (χ2n) is 9.01. The van der Waals surface area contributed by atoms with Gasteiger partial charge in [0.2, 0.25) is 11.8 Å². The van der Waals surface area contributed by atoms with Crippen molar-refractivity contribution in [1.29, 1.82) is 0 Å². The Labute approximate surface area is 196 Å². The van der Waals surface area contributed by atoms with E-state index < -0.39 is 11.9 Å². The Bertz CT molecular complexity index is 1320. The van der Waals surface area contributed by atoms with Crippen LogP contribution < -0.4 is 10.2 Å². The highest BCUT2D eigenvalue weighted by atomic mass is 16.2. The number of anilines is 1. The first-order chi connectivity index (χ1) is 16.6. The highest BCUT2D eigenvalue weighted by Gasteiger charge is 2.40. The van der Waals surface area contributed by atoms with Crippen LogP contribution in [-0.2, 0) is 29.1 Å². The number of aryl methyl sites for hydroxylation is 1. The van der Waals surface area contributed by atoms with E-state index in [4.69, 9.17) is 0 Å². The van der Waals surface area contributed by atoms with Crippen LogP contribution in [0.4, 0.5) is 5.69 Å². The van der Waals surface area contributed by atoms with Crippen LogP contribution in [0.2, 0.25) is 0 Å². The first-order valence-corrected chi connectivity index (χ1v) is 11.6. The minimum atomic E-state index is -0.643. The summed E-state index contributed by atoms with van der Waals surface area (Å²) in [6, 6.07) is 13.3. The van der Waals surface area contributed by atoms with Gasteiger partial charge in [-0.3, -0.25) is 19.7 Å². The number of aromatic nitrogens is 3. The van der Waals surface area contributed by atoms with Gasteiger partial charge in [-0.1, -0.05) is 29.5 Å². The monoisotopic (exact) mass is 456 g/mol. The van der Waals surface area contributed by atoms with Gasteiger partial charge in [0, 0.05) is 36.3 Å². The Hall–Kier alpha value is -4.01. The molecule has 1 atom stereocenters. The smallest absolute Gasteiger partial charge is 0.255 e. The summed E-state index contributed by atoms with van der Waals surface area (Å²) in [6.45, 7) is 1.93. The molecule has 1 unspecified atom stereocenters. The van der Waals surface area contributed by atoms with Gasteiger partial charge < -0.3 is 9.80 Å². The number of nitrogens with one attached hydrogen (secondary N) is 1. The number of fused-ring (bicyclic) bond motifs is 2. The highest BCUT2D eigenvalue weighted by molar-refractivity contribution is 6.05. The Kier molecular flexibility index (Phi) is 4.90. The van der Waals surface area contributed by atoms with Gasteiger partial charge in [0.1, 0.15) is 11.7 Å². The van der Waals surface area contributed by atoms with Crippen molar-refractivity contribution < 1.29 is 14.4 Å². The molecule has 0 saturated carbocycles. The molecular formula is C25H24N6O3. The Morgan fingerprint density at radius 1 is 1.00 bits per heavy atom. The van der Waals surface area contributed by atoms with Crippen molar-refractivity contribution in [2.45, 2.75) is 44.8 Å². The third kappa shape index (κ3) is 3.44. The van der Waals surface area contributed by atoms with Crippen LogP contribution in [0.5, 0.6) is 0 Å². The average Bonchev–Trinajstić information content (AvgIpc) is 3.44. The lowest BCUT2D eigenvalue weighted by atomic mass is 10.0. The third-order valence-corrected chi connectivity index (χ3v) is 6.90. The Balaban J connectivity index is 1.25. The molecule has 3 aromatic rings. The van der Waals surface area contributed by atoms with Crippen LogP contribution in [0.15, 0.2) is 48.7 Å². The molecule has 0 bridgehead atoms. The molecule has 1 fully saturated rings. The van der Waals surface area contributed by atoms with Crippen LogP contribution in [0.3, 0.4) is 0 Å². The fourth-order valence-electron chi connectivity index (χ4n) is 5.24. The molecule has 3 aliphatic rings. The molecule has 9 heteroatoms. The number of amides is 3. The molecule has 3 amide bonds. The SMILES string of the molecule is O=C1CCC(N2Cc3c(cccc3-n3cc(CN4CCCc5ccccc54)nn3)C2=O)C(=O)N1. The number of piperidine rings is 1. The third-order valence-electron chi connectivity index (χ3n) is 6.90. The van der Waals surface area contributed by atoms with E-state index in [0.717, 1.165) is 36.3 Å². The van der Waals surface area contributed by atoms with Gasteiger partial charge >= 0.3 is 0 Å². The molecule has 1 saturated heterocycles. The number of hydrogen-bond donors (Lipinski definition) is 1. The molecule has 1 N–H and O–H groups in total. The normalized spacial score (nSPS) is 19.8. The summed E-state index contributed by atoms with van der Waals surface area (Å²) in [6.07, 6.45) is 4.68. The predicted octanol–water partition coefficient (Wildman–Crippen LogP) is 1.98. The Morgan fingerprint density at radius 3 is 2.74 bits per heavy atom. The molecule has 172 valence electrons. The zero-order valence-electron chi connectivity index (χ0n) is 18.6. The van der Waals surface area contributed by atoms with Crippen molar-refractivity contribution in [2.24, 2.45) is 0 Å². The maximum atomic E-state index is 13.1. The summed E-state index contributed by atoms with van der Waals surface area (Å²) in [4.78, 5) is 40.9. The maximum absolute atomic E-state index is 13.1. The lowest BCUT2D eigenvalue weighted by Gasteiger charge is -2.30. The maximum Gasteiger partial charge on any atom is 0.255 e. The number of hydrogen-bond acceptors (Lipinski definition) is 6. The van der Waals surface area contributed by atoms with Gasteiger partial charge in [0.25, 0.3) is 5.91 Å². The molecule has 0 aliphatic carbocycles. The summed E-state index contributed by atoms with van der Waals surface area (Å²) in [5.74, 6) is -0.905. The highest BCUT2D eigenvalue weighted by Crippen LogP contribution is 2.32. The zero-order valence-corrected chi connectivity index (χ0v) is 18.6.